The molecule has 0 aliphatic carbocycles. The van der Waals surface area contributed by atoms with Gasteiger partial charge in [0.1, 0.15) is 19.3 Å². The Balaban J connectivity index is 5.14. The molecule has 3 atom stereocenters. The van der Waals surface area contributed by atoms with Crippen LogP contribution >= 0.6 is 7.82 Å². The summed E-state index contributed by atoms with van der Waals surface area (Å²) < 4.78 is 30.8. The molecule has 474 valence electrons. The third-order valence-electron chi connectivity index (χ3n) is 15.5. The van der Waals surface area contributed by atoms with Crippen molar-refractivity contribution in [3.8, 4) is 0 Å². The number of amides is 1. The normalized spacial score (nSPS) is 13.9. The number of unbranched alkanes of at least 4 members (excludes halogenated alkanes) is 39. The molecule has 81 heavy (non-hydrogen) atoms. The predicted molar refractivity (Wildman–Crippen MR) is 351 cm³/mol. The van der Waals surface area contributed by atoms with E-state index < -0.39 is 20.0 Å². The van der Waals surface area contributed by atoms with Crippen LogP contribution in [0.3, 0.4) is 0 Å². The zero-order valence-electron chi connectivity index (χ0n) is 54.3. The van der Waals surface area contributed by atoms with E-state index in [1.165, 1.54) is 225 Å². The summed E-state index contributed by atoms with van der Waals surface area (Å²) in [6.07, 6.45) is 78.2. The maximum atomic E-state index is 13.6. The molecule has 0 bridgehead atoms. The van der Waals surface area contributed by atoms with Gasteiger partial charge in [-0.3, -0.25) is 18.6 Å². The Hall–Kier alpha value is -2.29. The van der Waals surface area contributed by atoms with Crippen LogP contribution in [-0.2, 0) is 27.9 Å². The molecule has 0 aliphatic rings. The highest BCUT2D eigenvalue weighted by molar-refractivity contribution is 7.47. The number of allylic oxidation sites excluding steroid dienone is 9. The highest BCUT2D eigenvalue weighted by Gasteiger charge is 2.30. The second-order valence-electron chi connectivity index (χ2n) is 24.7. The Morgan fingerprint density at radius 2 is 0.765 bits per heavy atom. The van der Waals surface area contributed by atoms with Gasteiger partial charge >= 0.3 is 13.8 Å². The SMILES string of the molecule is CCCCC/C=C\C/C=C\C/C=C\C/C=C\CCCC(=O)NC(COP(=O)(O)OCC[N+](C)(C)C)C(/C=C\CCCCCCCCCCCCC)OC(=O)CCCCCCCCCCCCCCCCCCCCCCCCCCC. The standard InChI is InChI=1S/C71H133N2O7P/c1-7-10-13-16-19-22-25-28-30-32-33-34-35-36-37-38-39-41-43-46-49-52-55-58-61-64-71(75)80-69(62-59-56-53-50-47-44-27-24-21-18-15-12-9-3)68(67-79-81(76,77)78-66-65-73(4,5)6)72-70(74)63-60-57-54-51-48-45-42-40-31-29-26-23-20-17-14-11-8-2/h20,23,29,31,42,45,51,54,59,62,68-69H,7-19,21-22,24-28,30,32-41,43-44,46-50,52-53,55-58,60-61,63-67H2,1-6H3,(H-,72,74,76,77)/p+1/b23-20-,31-29-,45-42-,54-51-,62-59-. The quantitative estimate of drug-likeness (QED) is 0.0205. The summed E-state index contributed by atoms with van der Waals surface area (Å²) in [6, 6.07) is -0.877. The van der Waals surface area contributed by atoms with E-state index in [4.69, 9.17) is 13.8 Å². The summed E-state index contributed by atoms with van der Waals surface area (Å²) in [5.74, 6) is -0.558. The number of esters is 1. The highest BCUT2D eigenvalue weighted by Crippen LogP contribution is 2.43. The summed E-state index contributed by atoms with van der Waals surface area (Å²) in [7, 11) is 1.47. The molecule has 0 aromatic carbocycles. The molecule has 0 saturated carbocycles. The van der Waals surface area contributed by atoms with Crippen LogP contribution in [0.2, 0.25) is 0 Å². The van der Waals surface area contributed by atoms with Gasteiger partial charge in [0.15, 0.2) is 0 Å². The number of hydrogen-bond acceptors (Lipinski definition) is 6. The van der Waals surface area contributed by atoms with Crippen LogP contribution in [-0.4, -0.2) is 74.3 Å². The Morgan fingerprint density at radius 3 is 1.17 bits per heavy atom. The molecular weight excluding hydrogens is 1020 g/mol. The van der Waals surface area contributed by atoms with Crippen molar-refractivity contribution >= 4 is 19.7 Å². The first-order valence-corrected chi connectivity index (χ1v) is 36.1. The van der Waals surface area contributed by atoms with Crippen molar-refractivity contribution in [2.45, 2.75) is 341 Å². The van der Waals surface area contributed by atoms with Crippen LogP contribution in [0.15, 0.2) is 60.8 Å². The van der Waals surface area contributed by atoms with E-state index in [2.05, 4.69) is 74.7 Å². The molecule has 0 heterocycles. The van der Waals surface area contributed by atoms with E-state index in [1.807, 2.05) is 33.3 Å². The fourth-order valence-electron chi connectivity index (χ4n) is 10.1. The lowest BCUT2D eigenvalue weighted by molar-refractivity contribution is -0.870. The van der Waals surface area contributed by atoms with Gasteiger partial charge in [0, 0.05) is 12.8 Å². The van der Waals surface area contributed by atoms with Gasteiger partial charge in [0.2, 0.25) is 5.91 Å². The largest absolute Gasteiger partial charge is 0.472 e. The Morgan fingerprint density at radius 1 is 0.432 bits per heavy atom. The van der Waals surface area contributed by atoms with Crippen molar-refractivity contribution in [1.82, 2.24) is 5.32 Å². The van der Waals surface area contributed by atoms with Gasteiger partial charge in [-0.25, -0.2) is 4.57 Å². The van der Waals surface area contributed by atoms with E-state index in [0.29, 0.717) is 17.4 Å². The van der Waals surface area contributed by atoms with Gasteiger partial charge in [-0.1, -0.05) is 307 Å². The molecule has 0 fully saturated rings. The number of likely N-dealkylation sites (N-methyl/N-ethyl adjacent to an activating group) is 1. The van der Waals surface area contributed by atoms with E-state index in [9.17, 15) is 19.0 Å². The number of nitrogens with zero attached hydrogens (tertiary/aromatic N) is 1. The highest BCUT2D eigenvalue weighted by atomic mass is 31.2. The Labute approximate surface area is 502 Å². The molecule has 3 unspecified atom stereocenters. The number of phosphoric ester groups is 1. The first-order valence-electron chi connectivity index (χ1n) is 34.6. The van der Waals surface area contributed by atoms with Crippen molar-refractivity contribution in [2.75, 3.05) is 40.9 Å². The summed E-state index contributed by atoms with van der Waals surface area (Å²) in [5.41, 5.74) is 0. The van der Waals surface area contributed by atoms with Crippen molar-refractivity contribution in [2.24, 2.45) is 0 Å². The fourth-order valence-corrected chi connectivity index (χ4v) is 10.8. The monoisotopic (exact) mass is 1160 g/mol. The molecule has 0 saturated heterocycles. The lowest BCUT2D eigenvalue weighted by Crippen LogP contribution is -2.47. The van der Waals surface area contributed by atoms with Gasteiger partial charge in [0.05, 0.1) is 33.8 Å². The smallest absolute Gasteiger partial charge is 0.456 e. The molecule has 0 aromatic heterocycles. The molecule has 2 N–H and O–H groups in total. The number of quaternary nitrogens is 1. The molecule has 10 heteroatoms. The van der Waals surface area contributed by atoms with Crippen molar-refractivity contribution in [3.63, 3.8) is 0 Å². The zero-order chi connectivity index (χ0) is 59.3. The zero-order valence-corrected chi connectivity index (χ0v) is 55.2. The van der Waals surface area contributed by atoms with Gasteiger partial charge < -0.3 is 19.4 Å². The van der Waals surface area contributed by atoms with E-state index in [1.54, 1.807) is 0 Å². The second-order valence-corrected chi connectivity index (χ2v) is 26.2. The number of carbonyl (C=O) groups excluding carboxylic acids is 2. The molecule has 0 aliphatic heterocycles. The molecule has 0 radical (unpaired) electrons. The first-order chi connectivity index (χ1) is 39.4. The van der Waals surface area contributed by atoms with Crippen LogP contribution in [0, 0.1) is 0 Å². The topological polar surface area (TPSA) is 111 Å². The summed E-state index contributed by atoms with van der Waals surface area (Å²) >= 11 is 0. The van der Waals surface area contributed by atoms with Crippen LogP contribution in [0.25, 0.3) is 0 Å². The summed E-state index contributed by atoms with van der Waals surface area (Å²) in [6.45, 7) is 6.98. The average molecular weight is 1160 g/mol. The lowest BCUT2D eigenvalue weighted by atomic mass is 10.0. The molecule has 1 amide bonds. The second kappa shape index (κ2) is 60.8. The molecule has 0 aromatic rings. The molecule has 9 nitrogen and oxygen atoms in total. The number of carbonyl (C=O) groups is 2. The predicted octanol–water partition coefficient (Wildman–Crippen LogP) is 21.8. The van der Waals surface area contributed by atoms with Crippen LogP contribution < -0.4 is 5.32 Å². The maximum Gasteiger partial charge on any atom is 0.472 e. The number of nitrogens with one attached hydrogen (secondary N) is 1. The lowest BCUT2D eigenvalue weighted by Gasteiger charge is -2.27. The van der Waals surface area contributed by atoms with E-state index in [0.717, 1.165) is 64.2 Å². The van der Waals surface area contributed by atoms with Crippen molar-refractivity contribution in [3.05, 3.63) is 60.8 Å². The minimum Gasteiger partial charge on any atom is -0.456 e. The third-order valence-corrected chi connectivity index (χ3v) is 16.4. The van der Waals surface area contributed by atoms with Gasteiger partial charge in [-0.05, 0) is 70.3 Å². The number of rotatable bonds is 63. The minimum atomic E-state index is -4.47. The average Bonchev–Trinajstić information content (AvgIpc) is 3.44. The van der Waals surface area contributed by atoms with Crippen LogP contribution in [0.1, 0.15) is 329 Å². The maximum absolute atomic E-state index is 13.6. The fraction of sp³-hybridized carbons (Fsp3) is 0.831. The number of phosphoric acid groups is 1. The number of ether oxygens (including phenoxy) is 1. The third kappa shape index (κ3) is 62.1. The van der Waals surface area contributed by atoms with Crippen LogP contribution in [0.5, 0.6) is 0 Å². The first kappa shape index (κ1) is 78.7. The summed E-state index contributed by atoms with van der Waals surface area (Å²) in [4.78, 5) is 37.8. The van der Waals surface area contributed by atoms with E-state index >= 15 is 0 Å². The number of hydrogen-bond donors (Lipinski definition) is 2. The Bertz CT molecular complexity index is 1570. The van der Waals surface area contributed by atoms with Gasteiger partial charge in [0.25, 0.3) is 0 Å². The minimum absolute atomic E-state index is 0.0304. The molecule has 0 spiro atoms. The summed E-state index contributed by atoms with van der Waals surface area (Å²) in [5, 5.41) is 3.03. The molecule has 0 rings (SSSR count). The van der Waals surface area contributed by atoms with Gasteiger partial charge in [-0.2, -0.15) is 0 Å². The van der Waals surface area contributed by atoms with Crippen molar-refractivity contribution in [1.29, 1.82) is 0 Å². The van der Waals surface area contributed by atoms with Crippen molar-refractivity contribution < 1.29 is 37.3 Å². The van der Waals surface area contributed by atoms with E-state index in [-0.39, 0.29) is 37.9 Å². The Kier molecular flexibility index (Phi) is 59.1. The van der Waals surface area contributed by atoms with Crippen LogP contribution in [0.4, 0.5) is 0 Å². The molecular formula is C71H134N2O7P+. The van der Waals surface area contributed by atoms with Gasteiger partial charge in [-0.15, -0.1) is 0 Å².